The lowest BCUT2D eigenvalue weighted by Gasteiger charge is -2.32. The number of piperidine rings is 1. The zero-order chi connectivity index (χ0) is 21.9. The Labute approximate surface area is 188 Å². The third kappa shape index (κ3) is 5.30. The summed E-state index contributed by atoms with van der Waals surface area (Å²) in [4.78, 5) is 29.9. The summed E-state index contributed by atoms with van der Waals surface area (Å²) >= 11 is 9.17. The number of hydrogen-bond donors (Lipinski definition) is 4. The van der Waals surface area contributed by atoms with E-state index in [1.165, 1.54) is 12.3 Å². The van der Waals surface area contributed by atoms with E-state index in [0.29, 0.717) is 20.9 Å². The number of aromatic hydroxyl groups is 1. The van der Waals surface area contributed by atoms with Crippen molar-refractivity contribution in [2.24, 2.45) is 5.92 Å². The first-order valence-electron chi connectivity index (χ1n) is 9.66. The number of halogens is 2. The van der Waals surface area contributed by atoms with Crippen LogP contribution in [0.2, 0.25) is 5.02 Å². The number of phenolic OH excluding ortho intramolecular Hbond substituents is 1. The molecule has 0 radical (unpaired) electrons. The Balaban J connectivity index is 1.90. The van der Waals surface area contributed by atoms with Gasteiger partial charge in [0.1, 0.15) is 11.6 Å². The Bertz CT molecular complexity index is 944. The van der Waals surface area contributed by atoms with E-state index in [2.05, 4.69) is 36.9 Å². The molecule has 1 saturated heterocycles. The van der Waals surface area contributed by atoms with Gasteiger partial charge < -0.3 is 21.1 Å². The summed E-state index contributed by atoms with van der Waals surface area (Å²) in [6.45, 7) is 5.13. The molecule has 160 valence electrons. The average molecular weight is 496 g/mol. The molecule has 0 spiro atoms. The normalized spacial score (nSPS) is 14.9. The number of benzene rings is 1. The highest BCUT2D eigenvalue weighted by molar-refractivity contribution is 9.10. The predicted octanol–water partition coefficient (Wildman–Crippen LogP) is 3.81. The smallest absolute Gasteiger partial charge is 0.257 e. The molecule has 9 heteroatoms. The van der Waals surface area contributed by atoms with Crippen molar-refractivity contribution in [3.8, 4) is 5.75 Å². The van der Waals surface area contributed by atoms with Crippen LogP contribution in [0.15, 0.2) is 34.9 Å². The van der Waals surface area contributed by atoms with Crippen molar-refractivity contribution in [1.29, 1.82) is 0 Å². The molecule has 0 saturated carbocycles. The second-order valence-corrected chi connectivity index (χ2v) is 9.15. The van der Waals surface area contributed by atoms with Gasteiger partial charge in [0.25, 0.3) is 5.91 Å². The fourth-order valence-electron chi connectivity index (χ4n) is 3.62. The molecule has 2 amide bonds. The van der Waals surface area contributed by atoms with Crippen molar-refractivity contribution in [2.45, 2.75) is 32.2 Å². The molecule has 1 fully saturated rings. The molecule has 1 aliphatic heterocycles. The lowest BCUT2D eigenvalue weighted by molar-refractivity contribution is -0.127. The minimum atomic E-state index is -0.979. The summed E-state index contributed by atoms with van der Waals surface area (Å²) in [5, 5.41) is 20.1. The summed E-state index contributed by atoms with van der Waals surface area (Å²) in [6.07, 6.45) is 2.94. The lowest BCUT2D eigenvalue weighted by Crippen LogP contribution is -2.47. The fourth-order valence-corrected chi connectivity index (χ4v) is 4.18. The van der Waals surface area contributed by atoms with Crippen molar-refractivity contribution in [2.75, 3.05) is 18.4 Å². The highest BCUT2D eigenvalue weighted by Crippen LogP contribution is 2.36. The van der Waals surface area contributed by atoms with Gasteiger partial charge in [-0.2, -0.15) is 0 Å². The second kappa shape index (κ2) is 9.32. The van der Waals surface area contributed by atoms with Gasteiger partial charge in [-0.25, -0.2) is 4.98 Å². The molecular weight excluding hydrogens is 472 g/mol. The van der Waals surface area contributed by atoms with Gasteiger partial charge in [-0.05, 0) is 64.0 Å². The SMILES string of the molecule is CC(C)(NC(=O)C1CCNCC1)c1c(O)cc(Br)cc1C(=O)Nc1ccc(Cl)cn1. The number of nitrogens with one attached hydrogen (secondary N) is 3. The first kappa shape index (κ1) is 22.5. The zero-order valence-electron chi connectivity index (χ0n) is 16.8. The standard InChI is InChI=1S/C21H24BrClN4O3/c1-21(2,27-19(29)12-5-7-24-8-6-12)18-15(9-13(22)10-16(18)28)20(30)26-17-4-3-14(23)11-25-17/h3-4,9-12,24,28H,5-8H2,1-2H3,(H,27,29)(H,25,26,30). The average Bonchev–Trinajstić information content (AvgIpc) is 2.69. The Hall–Kier alpha value is -2.16. The van der Waals surface area contributed by atoms with Crippen molar-refractivity contribution >= 4 is 45.2 Å². The number of pyridine rings is 1. The number of carbonyl (C=O) groups is 2. The van der Waals surface area contributed by atoms with E-state index in [1.54, 1.807) is 32.0 Å². The lowest BCUT2D eigenvalue weighted by atomic mass is 9.87. The van der Waals surface area contributed by atoms with Gasteiger partial charge in [0.15, 0.2) is 0 Å². The molecule has 1 aromatic carbocycles. The van der Waals surface area contributed by atoms with Crippen molar-refractivity contribution < 1.29 is 14.7 Å². The summed E-state index contributed by atoms with van der Waals surface area (Å²) in [5.74, 6) is -0.408. The van der Waals surface area contributed by atoms with Gasteiger partial charge in [-0.15, -0.1) is 0 Å². The van der Waals surface area contributed by atoms with Crippen LogP contribution < -0.4 is 16.0 Å². The van der Waals surface area contributed by atoms with Gasteiger partial charge in [0.2, 0.25) is 5.91 Å². The number of phenols is 1. The van der Waals surface area contributed by atoms with Crippen LogP contribution in [-0.2, 0) is 10.3 Å². The van der Waals surface area contributed by atoms with Crippen LogP contribution in [0.1, 0.15) is 42.6 Å². The third-order valence-corrected chi connectivity index (χ3v) is 5.75. The number of amides is 2. The van der Waals surface area contributed by atoms with Crippen LogP contribution in [0.5, 0.6) is 5.75 Å². The van der Waals surface area contributed by atoms with E-state index in [9.17, 15) is 14.7 Å². The van der Waals surface area contributed by atoms with Crippen LogP contribution >= 0.6 is 27.5 Å². The Morgan fingerprint density at radius 2 is 1.97 bits per heavy atom. The molecule has 3 rings (SSSR count). The quantitative estimate of drug-likeness (QED) is 0.505. The molecule has 30 heavy (non-hydrogen) atoms. The first-order valence-corrected chi connectivity index (χ1v) is 10.8. The van der Waals surface area contributed by atoms with Gasteiger partial charge in [-0.3, -0.25) is 9.59 Å². The maximum absolute atomic E-state index is 13.0. The number of aromatic nitrogens is 1. The highest BCUT2D eigenvalue weighted by atomic mass is 79.9. The van der Waals surface area contributed by atoms with Crippen LogP contribution in [0.3, 0.4) is 0 Å². The van der Waals surface area contributed by atoms with E-state index in [4.69, 9.17) is 11.6 Å². The fraction of sp³-hybridized carbons (Fsp3) is 0.381. The predicted molar refractivity (Wildman–Crippen MR) is 120 cm³/mol. The largest absolute Gasteiger partial charge is 0.508 e. The third-order valence-electron chi connectivity index (χ3n) is 5.07. The minimum absolute atomic E-state index is 0.0884. The highest BCUT2D eigenvalue weighted by Gasteiger charge is 2.34. The Morgan fingerprint density at radius 1 is 1.27 bits per heavy atom. The Kier molecular flexibility index (Phi) is 7.00. The van der Waals surface area contributed by atoms with E-state index >= 15 is 0 Å². The van der Waals surface area contributed by atoms with Gasteiger partial charge in [0, 0.05) is 22.2 Å². The number of carbonyl (C=O) groups excluding carboxylic acids is 2. The first-order chi connectivity index (χ1) is 14.2. The van der Waals surface area contributed by atoms with Crippen molar-refractivity contribution in [3.63, 3.8) is 0 Å². The molecule has 0 aliphatic carbocycles. The molecular formula is C21H24BrClN4O3. The monoisotopic (exact) mass is 494 g/mol. The van der Waals surface area contributed by atoms with Crippen LogP contribution in [0, 0.1) is 5.92 Å². The number of rotatable bonds is 5. The molecule has 0 atom stereocenters. The summed E-state index contributed by atoms with van der Waals surface area (Å²) in [7, 11) is 0. The number of hydrogen-bond acceptors (Lipinski definition) is 5. The molecule has 0 bridgehead atoms. The van der Waals surface area contributed by atoms with E-state index in [1.807, 2.05) is 0 Å². The molecule has 2 heterocycles. The topological polar surface area (TPSA) is 103 Å². The van der Waals surface area contributed by atoms with Gasteiger partial charge in [0.05, 0.1) is 16.1 Å². The zero-order valence-corrected chi connectivity index (χ0v) is 19.1. The maximum atomic E-state index is 13.0. The molecule has 1 aliphatic rings. The number of nitrogens with zero attached hydrogens (tertiary/aromatic N) is 1. The van der Waals surface area contributed by atoms with E-state index < -0.39 is 11.4 Å². The maximum Gasteiger partial charge on any atom is 0.257 e. The number of anilines is 1. The van der Waals surface area contributed by atoms with Crippen LogP contribution in [-0.4, -0.2) is 35.0 Å². The minimum Gasteiger partial charge on any atom is -0.508 e. The van der Waals surface area contributed by atoms with E-state index in [-0.39, 0.29) is 23.1 Å². The van der Waals surface area contributed by atoms with Gasteiger partial charge >= 0.3 is 0 Å². The molecule has 1 aromatic heterocycles. The van der Waals surface area contributed by atoms with Crippen molar-refractivity contribution in [3.05, 3.63) is 51.1 Å². The molecule has 4 N–H and O–H groups in total. The molecule has 0 unspecified atom stereocenters. The van der Waals surface area contributed by atoms with Crippen LogP contribution in [0.25, 0.3) is 0 Å². The van der Waals surface area contributed by atoms with Crippen molar-refractivity contribution in [1.82, 2.24) is 15.6 Å². The molecule has 7 nitrogen and oxygen atoms in total. The Morgan fingerprint density at radius 3 is 2.60 bits per heavy atom. The summed E-state index contributed by atoms with van der Waals surface area (Å²) in [5.41, 5.74) is -0.416. The molecule has 2 aromatic rings. The van der Waals surface area contributed by atoms with Crippen LogP contribution in [0.4, 0.5) is 5.82 Å². The summed E-state index contributed by atoms with van der Waals surface area (Å²) < 4.78 is 0.540. The van der Waals surface area contributed by atoms with E-state index in [0.717, 1.165) is 25.9 Å². The summed E-state index contributed by atoms with van der Waals surface area (Å²) in [6, 6.07) is 6.32. The second-order valence-electron chi connectivity index (χ2n) is 7.80. The van der Waals surface area contributed by atoms with Gasteiger partial charge in [-0.1, -0.05) is 27.5 Å².